The van der Waals surface area contributed by atoms with Gasteiger partial charge >= 0.3 is 0 Å². The van der Waals surface area contributed by atoms with E-state index in [2.05, 4.69) is 172 Å². The first-order valence-corrected chi connectivity index (χ1v) is 21.3. The third-order valence-electron chi connectivity index (χ3n) is 11.2. The maximum absolute atomic E-state index is 2.54. The molecule has 0 aliphatic carbocycles. The smallest absolute Gasteiger partial charge is 0.270 e. The van der Waals surface area contributed by atoms with Crippen molar-refractivity contribution in [3.05, 3.63) is 138 Å². The number of thiophene rings is 2. The maximum atomic E-state index is 2.54. The van der Waals surface area contributed by atoms with Crippen LogP contribution in [-0.2, 0) is 0 Å². The van der Waals surface area contributed by atoms with Gasteiger partial charge in [0.05, 0.1) is 22.1 Å². The zero-order chi connectivity index (χ0) is 36.1. The molecule has 0 fully saturated rings. The number of hydrogen-bond donors (Lipinski definition) is 0. The van der Waals surface area contributed by atoms with E-state index in [4.69, 9.17) is 0 Å². The number of fused-ring (bicyclic) bond motifs is 8. The Morgan fingerprint density at radius 3 is 1.15 bits per heavy atom. The first kappa shape index (κ1) is 33.1. The van der Waals surface area contributed by atoms with Crippen molar-refractivity contribution in [3.8, 4) is 10.0 Å². The van der Waals surface area contributed by atoms with Crippen LogP contribution in [0, 0.1) is 0 Å². The minimum atomic E-state index is 0.149. The van der Waals surface area contributed by atoms with Crippen LogP contribution in [0.15, 0.2) is 131 Å². The van der Waals surface area contributed by atoms with Gasteiger partial charge in [0.1, 0.15) is 10.0 Å². The molecule has 6 heteroatoms. The van der Waals surface area contributed by atoms with Crippen LogP contribution in [0.1, 0.15) is 76.0 Å². The third kappa shape index (κ3) is 5.06. The van der Waals surface area contributed by atoms with Crippen LogP contribution < -0.4 is 15.0 Å². The number of para-hydroxylation sites is 4. The summed E-state index contributed by atoms with van der Waals surface area (Å²) in [6.07, 6.45) is 0. The number of rotatable bonds is 6. The van der Waals surface area contributed by atoms with Crippen LogP contribution >= 0.6 is 34.4 Å². The average molecular weight is 741 g/mol. The fourth-order valence-corrected chi connectivity index (χ4v) is 12.8. The molecule has 260 valence electrons. The highest BCUT2D eigenvalue weighted by Crippen LogP contribution is 2.43. The van der Waals surface area contributed by atoms with E-state index in [1.54, 1.807) is 0 Å². The lowest BCUT2D eigenvalue weighted by molar-refractivity contribution is 0.812. The van der Waals surface area contributed by atoms with Crippen molar-refractivity contribution in [2.45, 2.75) is 69.1 Å². The monoisotopic (exact) mass is 740 g/mol. The van der Waals surface area contributed by atoms with Crippen molar-refractivity contribution in [1.82, 2.24) is 9.13 Å². The molecule has 2 nitrogen and oxygen atoms in total. The predicted molar refractivity (Wildman–Crippen MR) is 235 cm³/mol. The largest absolute Gasteiger partial charge is 0.301 e. The number of benzene rings is 5. The van der Waals surface area contributed by atoms with Crippen LogP contribution in [0.2, 0.25) is 0 Å². The summed E-state index contributed by atoms with van der Waals surface area (Å²) < 4.78 is 7.96. The van der Waals surface area contributed by atoms with E-state index in [9.17, 15) is 0 Å². The third-order valence-corrected chi connectivity index (χ3v) is 15.0. The second-order valence-electron chi connectivity index (χ2n) is 15.5. The molecule has 0 spiro atoms. The maximum Gasteiger partial charge on any atom is 0.270 e. The number of nitrogens with zero attached hydrogens (tertiary/aromatic N) is 2. The van der Waals surface area contributed by atoms with Gasteiger partial charge in [0, 0.05) is 31.3 Å². The van der Waals surface area contributed by atoms with Gasteiger partial charge in [0.25, 0.3) is 6.71 Å². The summed E-state index contributed by atoms with van der Waals surface area (Å²) in [5.74, 6) is 1.27. The Morgan fingerprint density at radius 1 is 0.453 bits per heavy atom. The first-order valence-electron chi connectivity index (χ1n) is 18.9. The van der Waals surface area contributed by atoms with E-state index in [0.29, 0.717) is 17.8 Å². The average Bonchev–Trinajstić information content (AvgIpc) is 3.93. The Morgan fingerprint density at radius 2 is 0.811 bits per heavy atom. The normalized spacial score (nSPS) is 13.1. The molecule has 53 heavy (non-hydrogen) atoms. The second kappa shape index (κ2) is 12.5. The molecule has 0 saturated carbocycles. The van der Waals surface area contributed by atoms with Crippen LogP contribution in [-0.4, -0.2) is 15.8 Å². The van der Waals surface area contributed by atoms with Crippen molar-refractivity contribution in [2.75, 3.05) is 0 Å². The summed E-state index contributed by atoms with van der Waals surface area (Å²) in [6.45, 7) is 14.4. The van der Waals surface area contributed by atoms with Crippen LogP contribution in [0.25, 0.3) is 53.6 Å². The molecule has 5 aromatic carbocycles. The van der Waals surface area contributed by atoms with Crippen LogP contribution in [0.3, 0.4) is 0 Å². The highest BCUT2D eigenvalue weighted by atomic mass is 32.2. The van der Waals surface area contributed by atoms with Crippen molar-refractivity contribution in [3.63, 3.8) is 0 Å². The Bertz CT molecular complexity index is 2590. The summed E-state index contributed by atoms with van der Waals surface area (Å²) in [5.41, 5.74) is 11.0. The van der Waals surface area contributed by atoms with E-state index in [1.807, 2.05) is 34.4 Å². The standard InChI is InChI=1S/C47H41BN2S3/c1-27(2)30-23-35(28(3)4)45(36(24-30)29(5)6)48-46-41(25-43(52-46)49-37-19-11-7-15-31(37)32-16-8-12-20-38(32)49)51-42-26-44(53-47(42)48)50-39-21-13-9-17-33(39)34-18-10-14-22-40(34)50/h7-29H,1-6H3. The SMILES string of the molecule is CC(C)c1cc(C(C)C)c(B2c3sc(-n4c5ccccc5c5ccccc54)cc3Sc3cc(-n4c5ccccc5c5ccccc54)sc32)c(C(C)C)c1. The fourth-order valence-electron chi connectivity index (χ4n) is 8.70. The van der Waals surface area contributed by atoms with Gasteiger partial charge < -0.3 is 9.13 Å². The molecule has 0 saturated heterocycles. The minimum Gasteiger partial charge on any atom is -0.301 e. The lowest BCUT2D eigenvalue weighted by Crippen LogP contribution is -2.55. The van der Waals surface area contributed by atoms with Gasteiger partial charge in [-0.2, -0.15) is 0 Å². The van der Waals surface area contributed by atoms with Crippen molar-refractivity contribution < 1.29 is 0 Å². The summed E-state index contributed by atoms with van der Waals surface area (Å²) in [7, 11) is 0. The lowest BCUT2D eigenvalue weighted by Gasteiger charge is -2.29. The zero-order valence-electron chi connectivity index (χ0n) is 31.0. The van der Waals surface area contributed by atoms with Gasteiger partial charge in [0.2, 0.25) is 0 Å². The van der Waals surface area contributed by atoms with Crippen LogP contribution in [0.4, 0.5) is 0 Å². The molecule has 0 bridgehead atoms. The quantitative estimate of drug-likeness (QED) is 0.154. The van der Waals surface area contributed by atoms with Gasteiger partial charge in [-0.1, -0.05) is 144 Å². The van der Waals surface area contributed by atoms with Gasteiger partial charge in [-0.3, -0.25) is 0 Å². The molecule has 1 aliphatic heterocycles. The van der Waals surface area contributed by atoms with E-state index >= 15 is 0 Å². The van der Waals surface area contributed by atoms with E-state index in [0.717, 1.165) is 0 Å². The summed E-state index contributed by atoms with van der Waals surface area (Å²) >= 11 is 5.96. The van der Waals surface area contributed by atoms with Gasteiger partial charge in [0.15, 0.2) is 0 Å². The highest BCUT2D eigenvalue weighted by Gasteiger charge is 2.40. The topological polar surface area (TPSA) is 9.86 Å². The highest BCUT2D eigenvalue weighted by molar-refractivity contribution is 8.00. The lowest BCUT2D eigenvalue weighted by atomic mass is 9.40. The second-order valence-corrected chi connectivity index (χ2v) is 18.7. The first-order chi connectivity index (χ1) is 25.8. The predicted octanol–water partition coefficient (Wildman–Crippen LogP) is 12.4. The molecule has 0 N–H and O–H groups in total. The molecule has 0 amide bonds. The molecule has 0 radical (unpaired) electrons. The summed E-state index contributed by atoms with van der Waals surface area (Å²) in [4.78, 5) is 2.77. The van der Waals surface area contributed by atoms with E-state index in [-0.39, 0.29) is 6.71 Å². The molecule has 5 heterocycles. The minimum absolute atomic E-state index is 0.149. The Labute approximate surface area is 324 Å². The molecular weight excluding hydrogens is 700 g/mol. The number of aromatic nitrogens is 2. The van der Waals surface area contributed by atoms with Crippen molar-refractivity contribution >= 4 is 99.8 Å². The van der Waals surface area contributed by atoms with Gasteiger partial charge in [-0.25, -0.2) is 0 Å². The molecule has 9 aromatic rings. The summed E-state index contributed by atoms with van der Waals surface area (Å²) in [6, 6.07) is 45.7. The van der Waals surface area contributed by atoms with Gasteiger partial charge in [-0.05, 0) is 80.4 Å². The molecule has 4 aromatic heterocycles. The summed E-state index contributed by atoms with van der Waals surface area (Å²) in [5, 5.41) is 7.81. The Balaban J connectivity index is 1.26. The molecule has 0 unspecified atom stereocenters. The Hall–Kier alpha value is -4.49. The molecule has 0 atom stereocenters. The van der Waals surface area contributed by atoms with E-state index < -0.39 is 0 Å². The van der Waals surface area contributed by atoms with Crippen molar-refractivity contribution in [1.29, 1.82) is 0 Å². The molecule has 1 aliphatic rings. The van der Waals surface area contributed by atoms with Crippen molar-refractivity contribution in [2.24, 2.45) is 0 Å². The number of hydrogen-bond acceptors (Lipinski definition) is 3. The van der Waals surface area contributed by atoms with Gasteiger partial charge in [-0.15, -0.1) is 22.7 Å². The Kier molecular flexibility index (Phi) is 7.84. The molecular formula is C47H41BN2S3. The van der Waals surface area contributed by atoms with Crippen LogP contribution in [0.5, 0.6) is 0 Å². The molecule has 10 rings (SSSR count). The fraction of sp³-hybridized carbons (Fsp3) is 0.191. The van der Waals surface area contributed by atoms with E-state index in [1.165, 1.54) is 95.1 Å². The zero-order valence-corrected chi connectivity index (χ0v) is 33.4.